The number of aryl methyl sites for hydroxylation is 1. The van der Waals surface area contributed by atoms with Crippen molar-refractivity contribution in [3.63, 3.8) is 0 Å². The molecule has 0 aliphatic rings. The summed E-state index contributed by atoms with van der Waals surface area (Å²) in [6.45, 7) is 1.62. The van der Waals surface area contributed by atoms with E-state index in [9.17, 15) is 0 Å². The van der Waals surface area contributed by atoms with Crippen LogP contribution in [0.15, 0.2) is 40.2 Å². The molecule has 0 aliphatic heterocycles. The first-order valence-electron chi connectivity index (χ1n) is 6.72. The van der Waals surface area contributed by atoms with Crippen LogP contribution in [-0.2, 0) is 19.9 Å². The Hall–Kier alpha value is -2.24. The van der Waals surface area contributed by atoms with E-state index in [4.69, 9.17) is 4.42 Å². The average Bonchev–Trinajstić information content (AvgIpc) is 3.09. The van der Waals surface area contributed by atoms with E-state index in [1.165, 1.54) is 5.56 Å². The van der Waals surface area contributed by atoms with E-state index in [0.717, 1.165) is 37.7 Å². The third kappa shape index (κ3) is 4.46. The fourth-order valence-corrected chi connectivity index (χ4v) is 1.91. The zero-order chi connectivity index (χ0) is 14.2. The molecule has 0 radical (unpaired) electrons. The SMILES string of the molecule is CN=C(NCCc1cnn(C)c1)NCCc1ccco1. The molecule has 0 saturated heterocycles. The van der Waals surface area contributed by atoms with E-state index in [2.05, 4.69) is 20.7 Å². The Balaban J connectivity index is 1.65. The molecule has 0 amide bonds. The maximum absolute atomic E-state index is 5.28. The molecular formula is C14H21N5O. The van der Waals surface area contributed by atoms with Gasteiger partial charge in [0.05, 0.1) is 12.5 Å². The molecule has 2 heterocycles. The molecule has 108 valence electrons. The lowest BCUT2D eigenvalue weighted by atomic mass is 10.2. The number of nitrogens with zero attached hydrogens (tertiary/aromatic N) is 3. The number of hydrogen-bond donors (Lipinski definition) is 2. The largest absolute Gasteiger partial charge is 0.469 e. The monoisotopic (exact) mass is 275 g/mol. The molecule has 0 aromatic carbocycles. The van der Waals surface area contributed by atoms with Crippen molar-refractivity contribution >= 4 is 5.96 Å². The van der Waals surface area contributed by atoms with Crippen LogP contribution in [0.4, 0.5) is 0 Å². The average molecular weight is 275 g/mol. The van der Waals surface area contributed by atoms with Crippen LogP contribution in [0.2, 0.25) is 0 Å². The number of aliphatic imine (C=N–C) groups is 1. The summed E-state index contributed by atoms with van der Waals surface area (Å²) in [5, 5.41) is 10.7. The van der Waals surface area contributed by atoms with Crippen molar-refractivity contribution in [2.45, 2.75) is 12.8 Å². The highest BCUT2D eigenvalue weighted by Crippen LogP contribution is 1.99. The minimum atomic E-state index is 0.792. The molecule has 0 fully saturated rings. The van der Waals surface area contributed by atoms with Crippen molar-refractivity contribution in [1.82, 2.24) is 20.4 Å². The number of hydrogen-bond acceptors (Lipinski definition) is 3. The molecule has 2 N–H and O–H groups in total. The van der Waals surface area contributed by atoms with Crippen molar-refractivity contribution in [1.29, 1.82) is 0 Å². The molecule has 20 heavy (non-hydrogen) atoms. The van der Waals surface area contributed by atoms with Crippen molar-refractivity contribution < 1.29 is 4.42 Å². The standard InChI is InChI=1S/C14H21N5O/c1-15-14(17-8-6-13-4-3-9-20-13)16-7-5-12-10-18-19(2)11-12/h3-4,9-11H,5-8H2,1-2H3,(H2,15,16,17). The number of guanidine groups is 1. The summed E-state index contributed by atoms with van der Waals surface area (Å²) in [5.74, 6) is 1.78. The van der Waals surface area contributed by atoms with Crippen molar-refractivity contribution in [3.8, 4) is 0 Å². The maximum Gasteiger partial charge on any atom is 0.191 e. The van der Waals surface area contributed by atoms with E-state index in [1.54, 1.807) is 13.3 Å². The first-order chi connectivity index (χ1) is 9.78. The number of furan rings is 1. The highest BCUT2D eigenvalue weighted by atomic mass is 16.3. The van der Waals surface area contributed by atoms with Crippen molar-refractivity contribution in [2.24, 2.45) is 12.0 Å². The van der Waals surface area contributed by atoms with Gasteiger partial charge < -0.3 is 15.1 Å². The van der Waals surface area contributed by atoms with Crippen LogP contribution < -0.4 is 10.6 Å². The Morgan fingerprint density at radius 3 is 2.75 bits per heavy atom. The van der Waals surface area contributed by atoms with Gasteiger partial charge in [0, 0.05) is 39.8 Å². The van der Waals surface area contributed by atoms with Crippen LogP contribution in [0.1, 0.15) is 11.3 Å². The minimum Gasteiger partial charge on any atom is -0.469 e. The maximum atomic E-state index is 5.28. The molecule has 0 spiro atoms. The summed E-state index contributed by atoms with van der Waals surface area (Å²) in [5.41, 5.74) is 1.21. The predicted octanol–water partition coefficient (Wildman–Crippen LogP) is 0.963. The molecule has 0 atom stereocenters. The highest BCUT2D eigenvalue weighted by molar-refractivity contribution is 5.79. The molecule has 2 aromatic rings. The Bertz CT molecular complexity index is 530. The summed E-state index contributed by atoms with van der Waals surface area (Å²) >= 11 is 0. The van der Waals surface area contributed by atoms with Gasteiger partial charge in [0.1, 0.15) is 5.76 Å². The van der Waals surface area contributed by atoms with Gasteiger partial charge in [-0.15, -0.1) is 0 Å². The molecule has 0 unspecified atom stereocenters. The Morgan fingerprint density at radius 1 is 1.35 bits per heavy atom. The second-order valence-electron chi connectivity index (χ2n) is 4.53. The van der Waals surface area contributed by atoms with Crippen LogP contribution in [0.3, 0.4) is 0 Å². The molecule has 0 saturated carbocycles. The summed E-state index contributed by atoms with van der Waals surface area (Å²) in [7, 11) is 3.69. The fourth-order valence-electron chi connectivity index (χ4n) is 1.91. The van der Waals surface area contributed by atoms with Gasteiger partial charge in [-0.05, 0) is 24.1 Å². The molecule has 6 heteroatoms. The van der Waals surface area contributed by atoms with E-state index < -0.39 is 0 Å². The molecular weight excluding hydrogens is 254 g/mol. The van der Waals surface area contributed by atoms with E-state index in [0.29, 0.717) is 0 Å². The van der Waals surface area contributed by atoms with Gasteiger partial charge >= 0.3 is 0 Å². The molecule has 0 bridgehead atoms. The minimum absolute atomic E-state index is 0.792. The van der Waals surface area contributed by atoms with Crippen LogP contribution in [0.25, 0.3) is 0 Å². The van der Waals surface area contributed by atoms with Crippen LogP contribution in [-0.4, -0.2) is 35.9 Å². The zero-order valence-corrected chi connectivity index (χ0v) is 12.0. The second kappa shape index (κ2) is 7.37. The fraction of sp³-hybridized carbons (Fsp3) is 0.429. The van der Waals surface area contributed by atoms with E-state index >= 15 is 0 Å². The van der Waals surface area contributed by atoms with Gasteiger partial charge in [0.15, 0.2) is 5.96 Å². The predicted molar refractivity (Wildman–Crippen MR) is 78.7 cm³/mol. The topological polar surface area (TPSA) is 67.4 Å². The first kappa shape index (κ1) is 14.2. The Kier molecular flexibility index (Phi) is 5.23. The number of nitrogens with one attached hydrogen (secondary N) is 2. The Labute approximate surface area is 118 Å². The van der Waals surface area contributed by atoms with Crippen LogP contribution >= 0.6 is 0 Å². The highest BCUT2D eigenvalue weighted by Gasteiger charge is 2.00. The first-order valence-corrected chi connectivity index (χ1v) is 6.72. The van der Waals surface area contributed by atoms with Crippen LogP contribution in [0.5, 0.6) is 0 Å². The normalized spacial score (nSPS) is 11.6. The Morgan fingerprint density at radius 2 is 2.15 bits per heavy atom. The van der Waals surface area contributed by atoms with Gasteiger partial charge in [-0.3, -0.25) is 9.67 Å². The lowest BCUT2D eigenvalue weighted by Crippen LogP contribution is -2.39. The van der Waals surface area contributed by atoms with Gasteiger partial charge in [-0.2, -0.15) is 5.10 Å². The van der Waals surface area contributed by atoms with E-state index in [1.807, 2.05) is 36.3 Å². The third-order valence-corrected chi connectivity index (χ3v) is 2.93. The van der Waals surface area contributed by atoms with Gasteiger partial charge in [-0.25, -0.2) is 0 Å². The van der Waals surface area contributed by atoms with Gasteiger partial charge in [-0.1, -0.05) is 0 Å². The zero-order valence-electron chi connectivity index (χ0n) is 12.0. The summed E-state index contributed by atoms with van der Waals surface area (Å²) in [6.07, 6.45) is 7.36. The lowest BCUT2D eigenvalue weighted by molar-refractivity contribution is 0.507. The van der Waals surface area contributed by atoms with Gasteiger partial charge in [0.2, 0.25) is 0 Å². The molecule has 6 nitrogen and oxygen atoms in total. The van der Waals surface area contributed by atoms with E-state index in [-0.39, 0.29) is 0 Å². The van der Waals surface area contributed by atoms with Crippen LogP contribution in [0, 0.1) is 0 Å². The smallest absolute Gasteiger partial charge is 0.191 e. The molecule has 2 aromatic heterocycles. The molecule has 2 rings (SSSR count). The second-order valence-corrected chi connectivity index (χ2v) is 4.53. The summed E-state index contributed by atoms with van der Waals surface area (Å²) in [6, 6.07) is 3.87. The van der Waals surface area contributed by atoms with Crippen molar-refractivity contribution in [2.75, 3.05) is 20.1 Å². The van der Waals surface area contributed by atoms with Gasteiger partial charge in [0.25, 0.3) is 0 Å². The molecule has 0 aliphatic carbocycles. The number of rotatable bonds is 6. The van der Waals surface area contributed by atoms with Crippen molar-refractivity contribution in [3.05, 3.63) is 42.1 Å². The quantitative estimate of drug-likeness (QED) is 0.609. The third-order valence-electron chi connectivity index (χ3n) is 2.93. The lowest BCUT2D eigenvalue weighted by Gasteiger charge is -2.10. The summed E-state index contributed by atoms with van der Waals surface area (Å²) in [4.78, 5) is 4.19. The number of aromatic nitrogens is 2. The summed E-state index contributed by atoms with van der Waals surface area (Å²) < 4.78 is 7.09.